The molecule has 0 radical (unpaired) electrons. The number of hydrogen-bond donors (Lipinski definition) is 2. The fraction of sp³-hybridized carbons (Fsp3) is 0.800. The fourth-order valence-corrected chi connectivity index (χ4v) is 3.56. The van der Waals surface area contributed by atoms with Gasteiger partial charge in [0.25, 0.3) is 5.91 Å². The first kappa shape index (κ1) is 9.15. The highest BCUT2D eigenvalue weighted by atomic mass is 16.2. The van der Waals surface area contributed by atoms with E-state index in [0.29, 0.717) is 6.04 Å². The number of carbonyl (C=O) groups is 2. The number of carbonyl (C=O) groups excluding carboxylic acids is 2. The van der Waals surface area contributed by atoms with Gasteiger partial charge in [-0.05, 0) is 31.1 Å². The first-order valence-corrected chi connectivity index (χ1v) is 5.32. The van der Waals surface area contributed by atoms with E-state index in [4.69, 9.17) is 5.73 Å². The molecule has 1 aliphatic heterocycles. The average molecular weight is 209 g/mol. The monoisotopic (exact) mass is 209 g/mol. The SMILES string of the molecule is CN1C(=O)NC2(CC3(CC(N)C3)C2)C1=O. The van der Waals surface area contributed by atoms with Gasteiger partial charge in [-0.1, -0.05) is 0 Å². The van der Waals surface area contributed by atoms with Crippen LogP contribution in [-0.4, -0.2) is 35.5 Å². The van der Waals surface area contributed by atoms with Gasteiger partial charge < -0.3 is 11.1 Å². The zero-order chi connectivity index (χ0) is 10.8. The van der Waals surface area contributed by atoms with Crippen LogP contribution in [0.1, 0.15) is 25.7 Å². The summed E-state index contributed by atoms with van der Waals surface area (Å²) in [6.45, 7) is 0. The van der Waals surface area contributed by atoms with E-state index < -0.39 is 5.54 Å². The summed E-state index contributed by atoms with van der Waals surface area (Å²) >= 11 is 0. The Morgan fingerprint density at radius 3 is 2.40 bits per heavy atom. The van der Waals surface area contributed by atoms with Crippen molar-refractivity contribution in [1.82, 2.24) is 10.2 Å². The minimum absolute atomic E-state index is 0.0707. The maximum atomic E-state index is 11.8. The summed E-state index contributed by atoms with van der Waals surface area (Å²) in [5.74, 6) is -0.0707. The lowest BCUT2D eigenvalue weighted by atomic mass is 9.47. The molecule has 82 valence electrons. The molecule has 3 fully saturated rings. The van der Waals surface area contributed by atoms with Crippen LogP contribution in [0.25, 0.3) is 0 Å². The van der Waals surface area contributed by atoms with Crippen LogP contribution >= 0.6 is 0 Å². The van der Waals surface area contributed by atoms with Crippen LogP contribution in [0.3, 0.4) is 0 Å². The Kier molecular flexibility index (Phi) is 1.43. The lowest BCUT2D eigenvalue weighted by Crippen LogP contribution is -2.67. The number of likely N-dealkylation sites (N-methyl/N-ethyl adjacent to an activating group) is 1. The van der Waals surface area contributed by atoms with Crippen molar-refractivity contribution in [3.05, 3.63) is 0 Å². The van der Waals surface area contributed by atoms with Crippen LogP contribution in [0.5, 0.6) is 0 Å². The Hall–Kier alpha value is -1.10. The number of nitrogens with zero attached hydrogens (tertiary/aromatic N) is 1. The first-order chi connectivity index (χ1) is 6.96. The summed E-state index contributed by atoms with van der Waals surface area (Å²) in [7, 11) is 1.53. The molecule has 2 aliphatic carbocycles. The lowest BCUT2D eigenvalue weighted by Gasteiger charge is -2.60. The van der Waals surface area contributed by atoms with E-state index in [2.05, 4.69) is 5.32 Å². The van der Waals surface area contributed by atoms with Crippen LogP contribution in [0.2, 0.25) is 0 Å². The third-order valence-electron chi connectivity index (χ3n) is 4.11. The molecule has 3 aliphatic rings. The van der Waals surface area contributed by atoms with Crippen LogP contribution in [-0.2, 0) is 4.79 Å². The molecule has 3 amide bonds. The lowest BCUT2D eigenvalue weighted by molar-refractivity contribution is -0.145. The van der Waals surface area contributed by atoms with E-state index in [-0.39, 0.29) is 17.4 Å². The van der Waals surface area contributed by atoms with Gasteiger partial charge >= 0.3 is 6.03 Å². The van der Waals surface area contributed by atoms with Crippen molar-refractivity contribution in [2.75, 3.05) is 7.05 Å². The highest BCUT2D eigenvalue weighted by Gasteiger charge is 2.66. The Morgan fingerprint density at radius 2 is 2.00 bits per heavy atom. The molecule has 0 aromatic heterocycles. The summed E-state index contributed by atoms with van der Waals surface area (Å²) in [6, 6.07) is 0.0331. The molecule has 0 bridgehead atoms. The Balaban J connectivity index is 1.76. The van der Waals surface area contributed by atoms with E-state index in [1.54, 1.807) is 0 Å². The van der Waals surface area contributed by atoms with Crippen molar-refractivity contribution in [2.24, 2.45) is 11.1 Å². The van der Waals surface area contributed by atoms with Crippen molar-refractivity contribution < 1.29 is 9.59 Å². The summed E-state index contributed by atoms with van der Waals surface area (Å²) < 4.78 is 0. The van der Waals surface area contributed by atoms with E-state index in [9.17, 15) is 9.59 Å². The molecule has 0 unspecified atom stereocenters. The molecule has 2 spiro atoms. The second-order valence-corrected chi connectivity index (χ2v) is 5.40. The minimum Gasteiger partial charge on any atom is -0.328 e. The molecule has 5 nitrogen and oxygen atoms in total. The molecule has 3 N–H and O–H groups in total. The number of nitrogens with two attached hydrogens (primary N) is 1. The highest BCUT2D eigenvalue weighted by Crippen LogP contribution is 2.61. The molecule has 2 saturated carbocycles. The summed E-state index contributed by atoms with van der Waals surface area (Å²) in [6.07, 6.45) is 3.56. The number of amides is 3. The number of imide groups is 1. The van der Waals surface area contributed by atoms with E-state index in [1.807, 2.05) is 0 Å². The molecular weight excluding hydrogens is 194 g/mol. The summed E-state index contributed by atoms with van der Waals surface area (Å²) in [4.78, 5) is 24.4. The molecule has 5 heteroatoms. The van der Waals surface area contributed by atoms with Gasteiger partial charge in [0.2, 0.25) is 0 Å². The van der Waals surface area contributed by atoms with E-state index in [0.717, 1.165) is 25.7 Å². The Morgan fingerprint density at radius 1 is 1.40 bits per heavy atom. The molecule has 1 saturated heterocycles. The topological polar surface area (TPSA) is 75.4 Å². The van der Waals surface area contributed by atoms with Crippen molar-refractivity contribution in [3.63, 3.8) is 0 Å². The normalized spacial score (nSPS) is 48.1. The summed E-state index contributed by atoms with van der Waals surface area (Å²) in [5, 5.41) is 2.80. The number of hydrogen-bond acceptors (Lipinski definition) is 3. The van der Waals surface area contributed by atoms with Gasteiger partial charge in [0, 0.05) is 13.1 Å². The molecule has 15 heavy (non-hydrogen) atoms. The quantitative estimate of drug-likeness (QED) is 0.543. The van der Waals surface area contributed by atoms with Gasteiger partial charge in [0.15, 0.2) is 0 Å². The fourth-order valence-electron chi connectivity index (χ4n) is 3.56. The predicted octanol–water partition coefficient (Wildman–Crippen LogP) is -0.192. The second-order valence-electron chi connectivity index (χ2n) is 5.40. The third kappa shape index (κ3) is 0.963. The van der Waals surface area contributed by atoms with Gasteiger partial charge in [-0.25, -0.2) is 4.79 Å². The van der Waals surface area contributed by atoms with Crippen molar-refractivity contribution in [3.8, 4) is 0 Å². The average Bonchev–Trinajstić information content (AvgIpc) is 2.27. The Labute approximate surface area is 88.0 Å². The van der Waals surface area contributed by atoms with Crippen molar-refractivity contribution in [2.45, 2.75) is 37.3 Å². The van der Waals surface area contributed by atoms with Crippen LogP contribution in [0, 0.1) is 5.41 Å². The maximum absolute atomic E-state index is 11.8. The third-order valence-corrected chi connectivity index (χ3v) is 4.11. The molecular formula is C10H15N3O2. The highest BCUT2D eigenvalue weighted by molar-refractivity contribution is 6.07. The van der Waals surface area contributed by atoms with Gasteiger partial charge in [-0.3, -0.25) is 9.69 Å². The number of rotatable bonds is 0. The largest absolute Gasteiger partial charge is 0.328 e. The van der Waals surface area contributed by atoms with E-state index in [1.165, 1.54) is 11.9 Å². The molecule has 0 aromatic rings. The van der Waals surface area contributed by atoms with Crippen molar-refractivity contribution >= 4 is 11.9 Å². The maximum Gasteiger partial charge on any atom is 0.324 e. The van der Waals surface area contributed by atoms with Crippen LogP contribution in [0.15, 0.2) is 0 Å². The minimum atomic E-state index is -0.577. The molecule has 0 aromatic carbocycles. The molecule has 0 atom stereocenters. The smallest absolute Gasteiger partial charge is 0.324 e. The predicted molar refractivity (Wildman–Crippen MR) is 52.9 cm³/mol. The van der Waals surface area contributed by atoms with Gasteiger partial charge in [-0.2, -0.15) is 0 Å². The molecule has 1 heterocycles. The second kappa shape index (κ2) is 2.35. The first-order valence-electron chi connectivity index (χ1n) is 5.32. The van der Waals surface area contributed by atoms with Crippen LogP contribution < -0.4 is 11.1 Å². The van der Waals surface area contributed by atoms with E-state index >= 15 is 0 Å². The standard InChI is InChI=1S/C10H15N3O2/c1-13-7(14)10(12-8(13)15)4-9(5-10)2-6(11)3-9/h6H,2-5,11H2,1H3,(H,12,15). The van der Waals surface area contributed by atoms with Crippen molar-refractivity contribution in [1.29, 1.82) is 0 Å². The molecule has 3 rings (SSSR count). The van der Waals surface area contributed by atoms with Gasteiger partial charge in [0.05, 0.1) is 0 Å². The zero-order valence-corrected chi connectivity index (χ0v) is 8.75. The number of nitrogens with one attached hydrogen (secondary N) is 1. The van der Waals surface area contributed by atoms with Gasteiger partial charge in [-0.15, -0.1) is 0 Å². The van der Waals surface area contributed by atoms with Gasteiger partial charge in [0.1, 0.15) is 5.54 Å². The summed E-state index contributed by atoms with van der Waals surface area (Å²) in [5.41, 5.74) is 5.44. The Bertz CT molecular complexity index is 352. The van der Waals surface area contributed by atoms with Crippen LogP contribution in [0.4, 0.5) is 4.79 Å². The number of urea groups is 1. The zero-order valence-electron chi connectivity index (χ0n) is 8.75.